The number of rotatable bonds is 5. The molecule has 0 radical (unpaired) electrons. The number of ether oxygens (including phenoxy) is 1. The fourth-order valence-electron chi connectivity index (χ4n) is 2.60. The monoisotopic (exact) mass is 228 g/mol. The molecule has 0 aromatic rings. The Kier molecular flexibility index (Phi) is 4.78. The summed E-state index contributed by atoms with van der Waals surface area (Å²) in [7, 11) is 0. The lowest BCUT2D eigenvalue weighted by molar-refractivity contribution is -0.179. The third-order valence-corrected chi connectivity index (χ3v) is 3.28. The SMILES string of the molecule is CC(C)CC(C)OC1(C(=O)O)CCCCC1. The highest BCUT2D eigenvalue weighted by molar-refractivity contribution is 5.77. The molecule has 0 spiro atoms. The van der Waals surface area contributed by atoms with Crippen molar-refractivity contribution in [2.75, 3.05) is 0 Å². The molecule has 0 aliphatic heterocycles. The van der Waals surface area contributed by atoms with Gasteiger partial charge in [-0.3, -0.25) is 0 Å². The molecule has 94 valence electrons. The molecule has 1 aliphatic carbocycles. The van der Waals surface area contributed by atoms with Crippen LogP contribution in [-0.2, 0) is 9.53 Å². The molecule has 1 unspecified atom stereocenters. The van der Waals surface area contributed by atoms with Gasteiger partial charge in [-0.1, -0.05) is 20.3 Å². The second kappa shape index (κ2) is 5.67. The molecule has 0 heterocycles. The van der Waals surface area contributed by atoms with Gasteiger partial charge in [-0.15, -0.1) is 0 Å². The van der Waals surface area contributed by atoms with Crippen LogP contribution < -0.4 is 0 Å². The fourth-order valence-corrected chi connectivity index (χ4v) is 2.60. The number of carbonyl (C=O) groups is 1. The molecule has 1 N–H and O–H groups in total. The van der Waals surface area contributed by atoms with Gasteiger partial charge in [0.25, 0.3) is 0 Å². The lowest BCUT2D eigenvalue weighted by atomic mass is 9.84. The number of carboxylic acids is 1. The predicted molar refractivity (Wildman–Crippen MR) is 63.5 cm³/mol. The van der Waals surface area contributed by atoms with Gasteiger partial charge in [-0.2, -0.15) is 0 Å². The number of aliphatic carboxylic acids is 1. The van der Waals surface area contributed by atoms with E-state index in [1.54, 1.807) is 0 Å². The van der Waals surface area contributed by atoms with Crippen molar-refractivity contribution >= 4 is 5.97 Å². The summed E-state index contributed by atoms with van der Waals surface area (Å²) in [4.78, 5) is 11.4. The highest BCUT2D eigenvalue weighted by Crippen LogP contribution is 2.33. The van der Waals surface area contributed by atoms with Crippen LogP contribution in [0.5, 0.6) is 0 Å². The van der Waals surface area contributed by atoms with Crippen molar-refractivity contribution in [3.8, 4) is 0 Å². The summed E-state index contributed by atoms with van der Waals surface area (Å²) in [6.45, 7) is 6.25. The Hall–Kier alpha value is -0.570. The molecule has 3 nitrogen and oxygen atoms in total. The van der Waals surface area contributed by atoms with Crippen molar-refractivity contribution in [3.63, 3.8) is 0 Å². The molecule has 1 aliphatic rings. The summed E-state index contributed by atoms with van der Waals surface area (Å²) in [6, 6.07) is 0. The molecule has 0 bridgehead atoms. The van der Waals surface area contributed by atoms with E-state index in [2.05, 4.69) is 13.8 Å². The first-order valence-electron chi connectivity index (χ1n) is 6.37. The van der Waals surface area contributed by atoms with E-state index in [9.17, 15) is 9.90 Å². The van der Waals surface area contributed by atoms with Crippen molar-refractivity contribution < 1.29 is 14.6 Å². The lowest BCUT2D eigenvalue weighted by Gasteiger charge is -2.36. The topological polar surface area (TPSA) is 46.5 Å². The Morgan fingerprint density at radius 2 is 1.81 bits per heavy atom. The van der Waals surface area contributed by atoms with Crippen molar-refractivity contribution in [3.05, 3.63) is 0 Å². The van der Waals surface area contributed by atoms with Gasteiger partial charge in [0, 0.05) is 0 Å². The molecular formula is C13H24O3. The highest BCUT2D eigenvalue weighted by atomic mass is 16.5. The zero-order valence-electron chi connectivity index (χ0n) is 10.7. The van der Waals surface area contributed by atoms with Gasteiger partial charge in [-0.25, -0.2) is 4.79 Å². The van der Waals surface area contributed by atoms with Crippen molar-refractivity contribution in [1.29, 1.82) is 0 Å². The maximum absolute atomic E-state index is 11.4. The van der Waals surface area contributed by atoms with Gasteiger partial charge in [0.15, 0.2) is 5.60 Å². The Balaban J connectivity index is 2.60. The first-order chi connectivity index (χ1) is 7.46. The highest BCUT2D eigenvalue weighted by Gasteiger charge is 2.41. The maximum atomic E-state index is 11.4. The first kappa shape index (κ1) is 13.5. The maximum Gasteiger partial charge on any atom is 0.335 e. The van der Waals surface area contributed by atoms with Gasteiger partial charge in [-0.05, 0) is 44.9 Å². The molecule has 1 saturated carbocycles. The van der Waals surface area contributed by atoms with E-state index in [0.717, 1.165) is 25.7 Å². The Labute approximate surface area is 98.2 Å². The molecule has 3 heteroatoms. The fraction of sp³-hybridized carbons (Fsp3) is 0.923. The van der Waals surface area contributed by atoms with Crippen LogP contribution in [0.25, 0.3) is 0 Å². The quantitative estimate of drug-likeness (QED) is 0.785. The van der Waals surface area contributed by atoms with E-state index in [0.29, 0.717) is 18.8 Å². The van der Waals surface area contributed by atoms with E-state index in [1.165, 1.54) is 0 Å². The van der Waals surface area contributed by atoms with E-state index in [1.807, 2.05) is 6.92 Å². The van der Waals surface area contributed by atoms with Crippen LogP contribution in [0.4, 0.5) is 0 Å². The molecule has 0 amide bonds. The van der Waals surface area contributed by atoms with Gasteiger partial charge < -0.3 is 9.84 Å². The average molecular weight is 228 g/mol. The largest absolute Gasteiger partial charge is 0.479 e. The summed E-state index contributed by atoms with van der Waals surface area (Å²) in [5.74, 6) is -0.229. The third-order valence-electron chi connectivity index (χ3n) is 3.28. The van der Waals surface area contributed by atoms with E-state index in [-0.39, 0.29) is 6.10 Å². The van der Waals surface area contributed by atoms with Crippen LogP contribution in [0.1, 0.15) is 59.3 Å². The second-order valence-electron chi connectivity index (χ2n) is 5.42. The number of hydrogen-bond acceptors (Lipinski definition) is 2. The zero-order valence-corrected chi connectivity index (χ0v) is 10.7. The van der Waals surface area contributed by atoms with Crippen molar-refractivity contribution in [2.45, 2.75) is 71.0 Å². The molecule has 0 saturated heterocycles. The molecule has 1 rings (SSSR count). The van der Waals surface area contributed by atoms with Gasteiger partial charge in [0.2, 0.25) is 0 Å². The minimum absolute atomic E-state index is 0.0363. The Bertz CT molecular complexity index is 229. The molecule has 16 heavy (non-hydrogen) atoms. The minimum Gasteiger partial charge on any atom is -0.479 e. The minimum atomic E-state index is -0.896. The third kappa shape index (κ3) is 3.48. The molecule has 0 aromatic heterocycles. The van der Waals surface area contributed by atoms with Gasteiger partial charge in [0.1, 0.15) is 0 Å². The smallest absolute Gasteiger partial charge is 0.335 e. The second-order valence-corrected chi connectivity index (χ2v) is 5.42. The normalized spacial score (nSPS) is 22.0. The molecule has 1 atom stereocenters. The van der Waals surface area contributed by atoms with Crippen LogP contribution in [0, 0.1) is 5.92 Å². The van der Waals surface area contributed by atoms with Gasteiger partial charge in [0.05, 0.1) is 6.10 Å². The van der Waals surface area contributed by atoms with Crippen LogP contribution in [0.15, 0.2) is 0 Å². The van der Waals surface area contributed by atoms with E-state index in [4.69, 9.17) is 4.74 Å². The van der Waals surface area contributed by atoms with E-state index < -0.39 is 11.6 Å². The zero-order chi connectivity index (χ0) is 12.2. The first-order valence-corrected chi connectivity index (χ1v) is 6.37. The van der Waals surface area contributed by atoms with Crippen molar-refractivity contribution in [1.82, 2.24) is 0 Å². The Morgan fingerprint density at radius 3 is 2.25 bits per heavy atom. The summed E-state index contributed by atoms with van der Waals surface area (Å²) < 4.78 is 5.85. The summed E-state index contributed by atoms with van der Waals surface area (Å²) in [5, 5.41) is 9.35. The summed E-state index contributed by atoms with van der Waals surface area (Å²) in [5.41, 5.74) is -0.896. The van der Waals surface area contributed by atoms with Gasteiger partial charge >= 0.3 is 5.97 Å². The number of carboxylic acid groups (broad SMARTS) is 1. The van der Waals surface area contributed by atoms with Crippen molar-refractivity contribution in [2.24, 2.45) is 5.92 Å². The average Bonchev–Trinajstić information content (AvgIpc) is 2.17. The molecule has 0 aromatic carbocycles. The summed E-state index contributed by atoms with van der Waals surface area (Å²) >= 11 is 0. The predicted octanol–water partition coefficient (Wildman–Crippen LogP) is 3.23. The summed E-state index contributed by atoms with van der Waals surface area (Å²) in [6.07, 6.45) is 5.39. The lowest BCUT2D eigenvalue weighted by Crippen LogP contribution is -2.45. The van der Waals surface area contributed by atoms with Crippen LogP contribution in [0.3, 0.4) is 0 Å². The van der Waals surface area contributed by atoms with Crippen LogP contribution >= 0.6 is 0 Å². The molecular weight excluding hydrogens is 204 g/mol. The van der Waals surface area contributed by atoms with Crippen LogP contribution in [-0.4, -0.2) is 22.8 Å². The van der Waals surface area contributed by atoms with Crippen LogP contribution in [0.2, 0.25) is 0 Å². The number of hydrogen-bond donors (Lipinski definition) is 1. The van der Waals surface area contributed by atoms with E-state index >= 15 is 0 Å². The standard InChI is InChI=1S/C13H24O3/c1-10(2)9-11(3)16-13(12(14)15)7-5-4-6-8-13/h10-11H,4-9H2,1-3H3,(H,14,15). The molecule has 1 fully saturated rings. The Morgan fingerprint density at radius 1 is 1.25 bits per heavy atom.